The maximum Gasteiger partial charge on any atom is 0.308 e. The Morgan fingerprint density at radius 3 is 3.15 bits per heavy atom. The van der Waals surface area contributed by atoms with Crippen LogP contribution in [0.1, 0.15) is 26.2 Å². The lowest BCUT2D eigenvalue weighted by Gasteiger charge is -2.23. The second kappa shape index (κ2) is 5.94. The van der Waals surface area contributed by atoms with E-state index in [9.17, 15) is 4.79 Å². The number of hydrogen-bond acceptors (Lipinski definition) is 4. The van der Waals surface area contributed by atoms with E-state index in [0.717, 1.165) is 19.4 Å². The molecule has 1 aliphatic rings. The van der Waals surface area contributed by atoms with Gasteiger partial charge in [-0.25, -0.2) is 0 Å². The molecule has 76 valence electrons. The van der Waals surface area contributed by atoms with E-state index in [0.29, 0.717) is 19.6 Å². The summed E-state index contributed by atoms with van der Waals surface area (Å²) in [6, 6.07) is 0. The molecule has 0 aromatic rings. The number of unbranched alkanes of at least 4 members (excludes halogenated alkanes) is 1. The predicted octanol–water partition coefficient (Wildman–Crippen LogP) is 0.666. The van der Waals surface area contributed by atoms with Gasteiger partial charge in [-0.1, -0.05) is 13.3 Å². The van der Waals surface area contributed by atoms with Gasteiger partial charge in [-0.2, -0.15) is 0 Å². The van der Waals surface area contributed by atoms with Crippen molar-refractivity contribution in [3.63, 3.8) is 0 Å². The molecule has 1 rings (SSSR count). The number of carbonyl (C=O) groups excluding carboxylic acids is 1. The first-order valence-corrected chi connectivity index (χ1v) is 4.84. The van der Waals surface area contributed by atoms with Gasteiger partial charge in [0.25, 0.3) is 0 Å². The van der Waals surface area contributed by atoms with Gasteiger partial charge in [-0.05, 0) is 6.42 Å². The van der Waals surface area contributed by atoms with Crippen molar-refractivity contribution in [1.82, 2.24) is 5.32 Å². The normalized spacial score (nSPS) is 22.7. The number of esters is 1. The fraction of sp³-hybridized carbons (Fsp3) is 0.889. The van der Waals surface area contributed by atoms with E-state index in [1.165, 1.54) is 0 Å². The van der Waals surface area contributed by atoms with Gasteiger partial charge in [0.2, 0.25) is 6.29 Å². The Morgan fingerprint density at radius 2 is 2.54 bits per heavy atom. The fourth-order valence-corrected chi connectivity index (χ4v) is 1.14. The average molecular weight is 187 g/mol. The van der Waals surface area contributed by atoms with Crippen molar-refractivity contribution >= 4 is 5.97 Å². The lowest BCUT2D eigenvalue weighted by Crippen LogP contribution is -2.41. The molecule has 1 aliphatic heterocycles. The molecule has 1 N–H and O–H groups in total. The maximum atomic E-state index is 11.1. The van der Waals surface area contributed by atoms with Gasteiger partial charge in [0.1, 0.15) is 0 Å². The van der Waals surface area contributed by atoms with Crippen LogP contribution in [-0.4, -0.2) is 32.0 Å². The van der Waals surface area contributed by atoms with Crippen molar-refractivity contribution in [3.05, 3.63) is 0 Å². The second-order valence-corrected chi connectivity index (χ2v) is 3.10. The maximum absolute atomic E-state index is 11.1. The highest BCUT2D eigenvalue weighted by Gasteiger charge is 2.16. The van der Waals surface area contributed by atoms with Crippen LogP contribution in [0.3, 0.4) is 0 Å². The minimum Gasteiger partial charge on any atom is -0.434 e. The molecule has 0 saturated carbocycles. The molecule has 1 unspecified atom stereocenters. The molecular formula is C9H17NO3. The fourth-order valence-electron chi connectivity index (χ4n) is 1.14. The van der Waals surface area contributed by atoms with Crippen LogP contribution in [0.5, 0.6) is 0 Å². The van der Waals surface area contributed by atoms with E-state index < -0.39 is 0 Å². The first kappa shape index (κ1) is 10.5. The van der Waals surface area contributed by atoms with Gasteiger partial charge in [0.15, 0.2) is 0 Å². The zero-order valence-corrected chi connectivity index (χ0v) is 8.04. The zero-order valence-electron chi connectivity index (χ0n) is 8.04. The SMILES string of the molecule is CCCCC(=O)OC1CNCCO1. The summed E-state index contributed by atoms with van der Waals surface area (Å²) in [6.45, 7) is 4.11. The second-order valence-electron chi connectivity index (χ2n) is 3.10. The van der Waals surface area contributed by atoms with E-state index in [-0.39, 0.29) is 12.3 Å². The van der Waals surface area contributed by atoms with Crippen LogP contribution in [-0.2, 0) is 14.3 Å². The molecule has 0 bridgehead atoms. The van der Waals surface area contributed by atoms with Crippen molar-refractivity contribution in [2.75, 3.05) is 19.7 Å². The largest absolute Gasteiger partial charge is 0.434 e. The molecule has 1 heterocycles. The molecule has 1 atom stereocenters. The van der Waals surface area contributed by atoms with Crippen LogP contribution < -0.4 is 5.32 Å². The predicted molar refractivity (Wildman–Crippen MR) is 48.2 cm³/mol. The van der Waals surface area contributed by atoms with Crippen molar-refractivity contribution in [2.24, 2.45) is 0 Å². The molecule has 13 heavy (non-hydrogen) atoms. The van der Waals surface area contributed by atoms with Crippen LogP contribution in [0.15, 0.2) is 0 Å². The van der Waals surface area contributed by atoms with Gasteiger partial charge in [-0.3, -0.25) is 4.79 Å². The molecular weight excluding hydrogens is 170 g/mol. The molecule has 0 aliphatic carbocycles. The van der Waals surface area contributed by atoms with E-state index in [4.69, 9.17) is 9.47 Å². The van der Waals surface area contributed by atoms with Crippen molar-refractivity contribution in [3.8, 4) is 0 Å². The monoisotopic (exact) mass is 187 g/mol. The van der Waals surface area contributed by atoms with E-state index >= 15 is 0 Å². The summed E-state index contributed by atoms with van der Waals surface area (Å²) in [5, 5.41) is 3.09. The summed E-state index contributed by atoms with van der Waals surface area (Å²) in [5.74, 6) is -0.157. The average Bonchev–Trinajstić information content (AvgIpc) is 2.16. The summed E-state index contributed by atoms with van der Waals surface area (Å²) in [5.41, 5.74) is 0. The molecule has 4 nitrogen and oxygen atoms in total. The van der Waals surface area contributed by atoms with Crippen LogP contribution >= 0.6 is 0 Å². The Labute approximate surface area is 78.6 Å². The Kier molecular flexibility index (Phi) is 4.78. The van der Waals surface area contributed by atoms with Gasteiger partial charge in [-0.15, -0.1) is 0 Å². The molecule has 0 aromatic carbocycles. The number of hydrogen-bond donors (Lipinski definition) is 1. The first-order valence-electron chi connectivity index (χ1n) is 4.84. The number of morpholine rings is 1. The van der Waals surface area contributed by atoms with Crippen molar-refractivity contribution in [2.45, 2.75) is 32.5 Å². The van der Waals surface area contributed by atoms with E-state index in [2.05, 4.69) is 5.32 Å². The Balaban J connectivity index is 2.11. The molecule has 0 amide bonds. The highest BCUT2D eigenvalue weighted by Crippen LogP contribution is 2.02. The number of carbonyl (C=O) groups is 1. The highest BCUT2D eigenvalue weighted by molar-refractivity contribution is 5.69. The van der Waals surface area contributed by atoms with E-state index in [1.54, 1.807) is 0 Å². The molecule has 1 fully saturated rings. The number of rotatable bonds is 4. The van der Waals surface area contributed by atoms with Crippen LogP contribution in [0.4, 0.5) is 0 Å². The molecule has 1 saturated heterocycles. The zero-order chi connectivity index (χ0) is 9.52. The Bertz CT molecular complexity index is 155. The minimum atomic E-state index is -0.377. The van der Waals surface area contributed by atoms with Crippen LogP contribution in [0.25, 0.3) is 0 Å². The van der Waals surface area contributed by atoms with Crippen molar-refractivity contribution < 1.29 is 14.3 Å². The lowest BCUT2D eigenvalue weighted by molar-refractivity contribution is -0.182. The Morgan fingerprint density at radius 1 is 1.69 bits per heavy atom. The highest BCUT2D eigenvalue weighted by atomic mass is 16.7. The van der Waals surface area contributed by atoms with Gasteiger partial charge in [0, 0.05) is 13.0 Å². The van der Waals surface area contributed by atoms with Crippen LogP contribution in [0.2, 0.25) is 0 Å². The summed E-state index contributed by atoms with van der Waals surface area (Å²) >= 11 is 0. The molecule has 0 radical (unpaired) electrons. The standard InChI is InChI=1S/C9H17NO3/c1-2-3-4-8(11)13-9-7-10-5-6-12-9/h9-10H,2-7H2,1H3. The van der Waals surface area contributed by atoms with Crippen molar-refractivity contribution in [1.29, 1.82) is 0 Å². The summed E-state index contributed by atoms with van der Waals surface area (Å²) in [4.78, 5) is 11.1. The first-order chi connectivity index (χ1) is 6.33. The van der Waals surface area contributed by atoms with Gasteiger partial charge in [0.05, 0.1) is 13.2 Å². The number of nitrogens with one attached hydrogen (secondary N) is 1. The van der Waals surface area contributed by atoms with Gasteiger partial charge < -0.3 is 14.8 Å². The van der Waals surface area contributed by atoms with Crippen LogP contribution in [0, 0.1) is 0 Å². The summed E-state index contributed by atoms with van der Waals surface area (Å²) in [7, 11) is 0. The molecule has 0 spiro atoms. The lowest BCUT2D eigenvalue weighted by atomic mass is 10.2. The number of ether oxygens (including phenoxy) is 2. The third-order valence-corrected chi connectivity index (χ3v) is 1.89. The van der Waals surface area contributed by atoms with Gasteiger partial charge >= 0.3 is 5.97 Å². The third-order valence-electron chi connectivity index (χ3n) is 1.89. The third kappa shape index (κ3) is 4.24. The Hall–Kier alpha value is -0.610. The summed E-state index contributed by atoms with van der Waals surface area (Å²) < 4.78 is 10.3. The smallest absolute Gasteiger partial charge is 0.308 e. The quantitative estimate of drug-likeness (QED) is 0.657. The topological polar surface area (TPSA) is 47.6 Å². The summed E-state index contributed by atoms with van der Waals surface area (Å²) in [6.07, 6.45) is 2.02. The van der Waals surface area contributed by atoms with E-state index in [1.807, 2.05) is 6.92 Å². The minimum absolute atomic E-state index is 0.157. The molecule has 4 heteroatoms. The molecule has 0 aromatic heterocycles.